The van der Waals surface area contributed by atoms with E-state index in [0.717, 1.165) is 18.8 Å². The lowest BCUT2D eigenvalue weighted by Crippen LogP contribution is -1.96. The molecule has 0 aliphatic heterocycles. The molecule has 0 fully saturated rings. The number of benzene rings is 1. The van der Waals surface area contributed by atoms with Crippen LogP contribution < -0.4 is 4.74 Å². The quantitative estimate of drug-likeness (QED) is 0.639. The zero-order valence-electron chi connectivity index (χ0n) is 10.8. The number of hydrogen-bond acceptors (Lipinski definition) is 2. The summed E-state index contributed by atoms with van der Waals surface area (Å²) in [7, 11) is 0. The van der Waals surface area contributed by atoms with Crippen molar-refractivity contribution in [3.05, 3.63) is 24.3 Å². The van der Waals surface area contributed by atoms with Crippen LogP contribution in [0.1, 0.15) is 51.9 Å². The first-order valence-corrected chi connectivity index (χ1v) is 6.74. The largest absolute Gasteiger partial charge is 0.508 e. The van der Waals surface area contributed by atoms with Crippen LogP contribution >= 0.6 is 0 Å². The number of aromatic hydroxyl groups is 1. The summed E-state index contributed by atoms with van der Waals surface area (Å²) < 4.78 is 5.58. The van der Waals surface area contributed by atoms with Crippen molar-refractivity contribution in [2.24, 2.45) is 0 Å². The molecule has 0 aromatic heterocycles. The summed E-state index contributed by atoms with van der Waals surface area (Å²) in [6.07, 6.45) is 9.09. The van der Waals surface area contributed by atoms with Crippen LogP contribution in [0, 0.1) is 0 Å². The van der Waals surface area contributed by atoms with E-state index in [2.05, 4.69) is 6.92 Å². The van der Waals surface area contributed by atoms with Gasteiger partial charge in [0.2, 0.25) is 0 Å². The molecule has 1 aromatic rings. The molecule has 1 rings (SSSR count). The lowest BCUT2D eigenvalue weighted by atomic mass is 10.1. The fraction of sp³-hybridized carbons (Fsp3) is 0.600. The molecule has 0 spiro atoms. The third-order valence-electron chi connectivity index (χ3n) is 2.85. The van der Waals surface area contributed by atoms with Crippen molar-refractivity contribution in [2.45, 2.75) is 51.9 Å². The molecule has 2 heteroatoms. The molecular weight excluding hydrogens is 212 g/mol. The molecule has 0 heterocycles. The van der Waals surface area contributed by atoms with Gasteiger partial charge in [0.05, 0.1) is 6.61 Å². The van der Waals surface area contributed by atoms with Crippen LogP contribution in [0.3, 0.4) is 0 Å². The van der Waals surface area contributed by atoms with Gasteiger partial charge >= 0.3 is 0 Å². The maximum absolute atomic E-state index is 9.11. The van der Waals surface area contributed by atoms with Crippen LogP contribution in [0.5, 0.6) is 11.5 Å². The van der Waals surface area contributed by atoms with E-state index < -0.39 is 0 Å². The van der Waals surface area contributed by atoms with E-state index in [1.165, 1.54) is 38.5 Å². The smallest absolute Gasteiger partial charge is 0.119 e. The molecule has 0 amide bonds. The normalized spacial score (nSPS) is 10.4. The van der Waals surface area contributed by atoms with Gasteiger partial charge in [-0.3, -0.25) is 0 Å². The highest BCUT2D eigenvalue weighted by Gasteiger charge is 1.94. The molecule has 17 heavy (non-hydrogen) atoms. The molecular formula is C15H24O2. The number of phenols is 1. The lowest BCUT2D eigenvalue weighted by molar-refractivity contribution is 0.304. The average molecular weight is 236 g/mol. The Hall–Kier alpha value is -1.18. The van der Waals surface area contributed by atoms with Gasteiger partial charge in [-0.2, -0.15) is 0 Å². The molecule has 0 aliphatic rings. The zero-order valence-corrected chi connectivity index (χ0v) is 10.8. The second-order valence-corrected chi connectivity index (χ2v) is 4.46. The van der Waals surface area contributed by atoms with Crippen molar-refractivity contribution in [3.63, 3.8) is 0 Å². The summed E-state index contributed by atoms with van der Waals surface area (Å²) in [6, 6.07) is 6.91. The van der Waals surface area contributed by atoms with E-state index in [0.29, 0.717) is 0 Å². The van der Waals surface area contributed by atoms with Crippen LogP contribution in [0.4, 0.5) is 0 Å². The Morgan fingerprint density at radius 1 is 0.882 bits per heavy atom. The van der Waals surface area contributed by atoms with E-state index in [1.54, 1.807) is 24.3 Å². The standard InChI is InChI=1S/C15H24O2/c1-2-3-4-5-6-7-8-13-17-15-11-9-14(16)10-12-15/h9-12,16H,2-8,13H2,1H3. The Morgan fingerprint density at radius 3 is 2.12 bits per heavy atom. The second kappa shape index (κ2) is 8.91. The van der Waals surface area contributed by atoms with E-state index >= 15 is 0 Å². The summed E-state index contributed by atoms with van der Waals surface area (Å²) >= 11 is 0. The van der Waals surface area contributed by atoms with E-state index in [-0.39, 0.29) is 5.75 Å². The fourth-order valence-electron chi connectivity index (χ4n) is 1.79. The van der Waals surface area contributed by atoms with Crippen molar-refractivity contribution >= 4 is 0 Å². The van der Waals surface area contributed by atoms with Gasteiger partial charge in [-0.05, 0) is 30.7 Å². The molecule has 1 aromatic carbocycles. The lowest BCUT2D eigenvalue weighted by Gasteiger charge is -2.06. The molecule has 96 valence electrons. The van der Waals surface area contributed by atoms with E-state index in [4.69, 9.17) is 9.84 Å². The highest BCUT2D eigenvalue weighted by atomic mass is 16.5. The summed E-state index contributed by atoms with van der Waals surface area (Å²) in [6.45, 7) is 3.02. The third-order valence-corrected chi connectivity index (χ3v) is 2.85. The van der Waals surface area contributed by atoms with Gasteiger partial charge in [0.25, 0.3) is 0 Å². The summed E-state index contributed by atoms with van der Waals surface area (Å²) in [5.74, 6) is 1.13. The van der Waals surface area contributed by atoms with Crippen LogP contribution in [0.2, 0.25) is 0 Å². The molecule has 0 saturated carbocycles. The summed E-state index contributed by atoms with van der Waals surface area (Å²) in [5, 5.41) is 9.11. The Balaban J connectivity index is 1.95. The molecule has 0 aliphatic carbocycles. The van der Waals surface area contributed by atoms with Crippen molar-refractivity contribution in [2.75, 3.05) is 6.61 Å². The van der Waals surface area contributed by atoms with Gasteiger partial charge in [-0.25, -0.2) is 0 Å². The van der Waals surface area contributed by atoms with E-state index in [9.17, 15) is 0 Å². The monoisotopic (exact) mass is 236 g/mol. The molecule has 0 bridgehead atoms. The summed E-state index contributed by atoms with van der Waals surface area (Å²) in [4.78, 5) is 0. The average Bonchev–Trinajstić information content (AvgIpc) is 2.35. The van der Waals surface area contributed by atoms with Gasteiger partial charge < -0.3 is 9.84 Å². The fourth-order valence-corrected chi connectivity index (χ4v) is 1.79. The molecule has 2 nitrogen and oxygen atoms in total. The van der Waals surface area contributed by atoms with Crippen molar-refractivity contribution in [1.29, 1.82) is 0 Å². The minimum Gasteiger partial charge on any atom is -0.508 e. The Labute approximate surface area is 105 Å². The first-order valence-electron chi connectivity index (χ1n) is 6.74. The van der Waals surface area contributed by atoms with Gasteiger partial charge in [0.1, 0.15) is 11.5 Å². The zero-order chi connectivity index (χ0) is 12.3. The molecule has 0 saturated heterocycles. The predicted molar refractivity (Wildman–Crippen MR) is 71.6 cm³/mol. The van der Waals surface area contributed by atoms with Crippen molar-refractivity contribution in [3.8, 4) is 11.5 Å². The van der Waals surface area contributed by atoms with Gasteiger partial charge in [-0.1, -0.05) is 45.4 Å². The topological polar surface area (TPSA) is 29.5 Å². The Kier molecular flexibility index (Phi) is 7.28. The van der Waals surface area contributed by atoms with Crippen LogP contribution in [-0.4, -0.2) is 11.7 Å². The number of ether oxygens (including phenoxy) is 1. The number of phenolic OH excluding ortho intramolecular Hbond substituents is 1. The summed E-state index contributed by atoms with van der Waals surface area (Å²) in [5.41, 5.74) is 0. The highest BCUT2D eigenvalue weighted by molar-refractivity contribution is 5.29. The molecule has 0 atom stereocenters. The second-order valence-electron chi connectivity index (χ2n) is 4.46. The Morgan fingerprint density at radius 2 is 1.47 bits per heavy atom. The van der Waals surface area contributed by atoms with Crippen LogP contribution in [0.25, 0.3) is 0 Å². The predicted octanol–water partition coefficient (Wildman–Crippen LogP) is 4.52. The van der Waals surface area contributed by atoms with Crippen molar-refractivity contribution in [1.82, 2.24) is 0 Å². The molecule has 0 unspecified atom stereocenters. The minimum absolute atomic E-state index is 0.285. The Bertz CT molecular complexity index is 279. The SMILES string of the molecule is CCCCCCCCCOc1ccc(O)cc1. The minimum atomic E-state index is 0.285. The van der Waals surface area contributed by atoms with Gasteiger partial charge in [0.15, 0.2) is 0 Å². The number of rotatable bonds is 9. The first-order chi connectivity index (χ1) is 8.33. The number of unbranched alkanes of at least 4 members (excludes halogenated alkanes) is 6. The first kappa shape index (κ1) is 13.9. The molecule has 1 N–H and O–H groups in total. The number of hydrogen-bond donors (Lipinski definition) is 1. The van der Waals surface area contributed by atoms with Gasteiger partial charge in [-0.15, -0.1) is 0 Å². The van der Waals surface area contributed by atoms with Gasteiger partial charge in [0, 0.05) is 0 Å². The molecule has 0 radical (unpaired) electrons. The van der Waals surface area contributed by atoms with Crippen LogP contribution in [0.15, 0.2) is 24.3 Å². The maximum atomic E-state index is 9.11. The highest BCUT2D eigenvalue weighted by Crippen LogP contribution is 2.16. The van der Waals surface area contributed by atoms with Crippen molar-refractivity contribution < 1.29 is 9.84 Å². The maximum Gasteiger partial charge on any atom is 0.119 e. The van der Waals surface area contributed by atoms with E-state index in [1.807, 2.05) is 0 Å². The van der Waals surface area contributed by atoms with Crippen LogP contribution in [-0.2, 0) is 0 Å². The third kappa shape index (κ3) is 6.88.